The highest BCUT2D eigenvalue weighted by Gasteiger charge is 2.48. The third-order valence-electron chi connectivity index (χ3n) is 15.6. The maximum atomic E-state index is 13.2. The summed E-state index contributed by atoms with van der Waals surface area (Å²) < 4.78 is 48.0. The lowest BCUT2D eigenvalue weighted by molar-refractivity contribution is -0.298. The zero-order valence-electron chi connectivity index (χ0n) is 48.6. The van der Waals surface area contributed by atoms with Gasteiger partial charge in [0.2, 0.25) is 5.91 Å². The molecule has 6 N–H and O–H groups in total. The second kappa shape index (κ2) is 52.2. The summed E-state index contributed by atoms with van der Waals surface area (Å²) in [7, 11) is -5.08. The maximum Gasteiger partial charge on any atom is 0.397 e. The van der Waals surface area contributed by atoms with E-state index >= 15 is 0 Å². The van der Waals surface area contributed by atoms with Gasteiger partial charge in [0.05, 0.1) is 25.4 Å². The first-order valence-corrected chi connectivity index (χ1v) is 33.4. The normalized spacial score (nSPS) is 19.1. The molecule has 7 unspecified atom stereocenters. The van der Waals surface area contributed by atoms with Gasteiger partial charge in [-0.25, -0.2) is 4.18 Å². The molecule has 0 spiro atoms. The molecule has 7 atom stereocenters. The first-order chi connectivity index (χ1) is 36.5. The van der Waals surface area contributed by atoms with Crippen LogP contribution in [0.5, 0.6) is 0 Å². The van der Waals surface area contributed by atoms with Gasteiger partial charge in [0, 0.05) is 6.42 Å². The average Bonchev–Trinajstić information content (AvgIpc) is 3.39. The summed E-state index contributed by atoms with van der Waals surface area (Å²) in [5.41, 5.74) is 0. The van der Waals surface area contributed by atoms with Gasteiger partial charge in [-0.05, 0) is 38.5 Å². The van der Waals surface area contributed by atoms with Crippen LogP contribution in [0.15, 0.2) is 12.2 Å². The molecule has 0 aromatic carbocycles. The van der Waals surface area contributed by atoms with Crippen molar-refractivity contribution in [1.29, 1.82) is 0 Å². The molecule has 0 aliphatic carbocycles. The Balaban J connectivity index is 2.28. The van der Waals surface area contributed by atoms with Gasteiger partial charge in [-0.1, -0.05) is 289 Å². The summed E-state index contributed by atoms with van der Waals surface area (Å²) in [6.07, 6.45) is 55.1. The van der Waals surface area contributed by atoms with E-state index < -0.39 is 59.9 Å². The predicted octanol–water partition coefficient (Wildman–Crippen LogP) is 15.8. The lowest BCUT2D eigenvalue weighted by atomic mass is 9.99. The van der Waals surface area contributed by atoms with Crippen LogP contribution in [-0.2, 0) is 28.9 Å². The van der Waals surface area contributed by atoms with Crippen LogP contribution in [-0.4, -0.2) is 95.4 Å². The summed E-state index contributed by atoms with van der Waals surface area (Å²) in [4.78, 5) is 13.2. The number of allylic oxidation sites excluding steroid dienone is 2. The Kier molecular flexibility index (Phi) is 50.0. The number of hydrogen-bond acceptors (Lipinski definition) is 10. The monoisotopic (exact) mass is 1090 g/mol. The number of unbranched alkanes of at least 4 members (excludes halogenated alkanes) is 43. The fourth-order valence-electron chi connectivity index (χ4n) is 10.6. The standard InChI is InChI=1S/C62H121NO11S/c1-3-5-7-9-11-13-15-17-19-21-23-25-26-27-28-29-30-32-34-36-38-40-42-44-46-48-50-52-58(66)63-55(54-72-62-60(68)61(74-75(69,70)71)59(67)57(53-64)73-62)56(65)51-49-47-45-43-41-39-37-35-33-31-24-22-20-18-16-14-12-10-8-6-4-2/h27-28,55-57,59-62,64-65,67-68H,3-26,29-54H2,1-2H3,(H,63,66)(H,69,70,71)/b28-27-. The van der Waals surface area contributed by atoms with Gasteiger partial charge in [0.1, 0.15) is 24.4 Å². The molecule has 1 rings (SSSR count). The van der Waals surface area contributed by atoms with Gasteiger partial charge in [0.25, 0.3) is 0 Å². The lowest BCUT2D eigenvalue weighted by Crippen LogP contribution is -2.61. The number of rotatable bonds is 57. The zero-order valence-corrected chi connectivity index (χ0v) is 49.5. The van der Waals surface area contributed by atoms with Crippen molar-refractivity contribution in [2.45, 2.75) is 365 Å². The number of carbonyl (C=O) groups excluding carboxylic acids is 1. The molecule has 446 valence electrons. The SMILES string of the molecule is CCCCCCCCCCCCCC/C=C\CCCCCCCCCCCCCC(=O)NC(COC1OC(CO)C(O)C(OS(=O)(=O)O)C1O)C(O)CCCCCCCCCCCCCCCCCCCCCCC. The third kappa shape index (κ3) is 44.3. The Morgan fingerprint density at radius 3 is 1.20 bits per heavy atom. The molecule has 0 aromatic heterocycles. The highest BCUT2D eigenvalue weighted by molar-refractivity contribution is 7.80. The molecule has 12 nitrogen and oxygen atoms in total. The Morgan fingerprint density at radius 2 is 0.853 bits per heavy atom. The molecule has 13 heteroatoms. The van der Waals surface area contributed by atoms with Crippen LogP contribution in [0.2, 0.25) is 0 Å². The van der Waals surface area contributed by atoms with Gasteiger partial charge in [-0.15, -0.1) is 0 Å². The molecule has 1 aliphatic rings. The van der Waals surface area contributed by atoms with Gasteiger partial charge in [0.15, 0.2) is 6.29 Å². The van der Waals surface area contributed by atoms with Crippen LogP contribution in [0.4, 0.5) is 0 Å². The molecule has 0 radical (unpaired) electrons. The largest absolute Gasteiger partial charge is 0.397 e. The molecule has 1 saturated heterocycles. The Bertz CT molecular complexity index is 1370. The molecule has 75 heavy (non-hydrogen) atoms. The van der Waals surface area contributed by atoms with E-state index in [1.54, 1.807) is 0 Å². The first kappa shape index (κ1) is 71.9. The molecule has 1 aliphatic heterocycles. The van der Waals surface area contributed by atoms with E-state index in [2.05, 4.69) is 35.5 Å². The van der Waals surface area contributed by atoms with Crippen molar-refractivity contribution >= 4 is 16.3 Å². The molecular formula is C62H121NO11S. The van der Waals surface area contributed by atoms with Crippen LogP contribution >= 0.6 is 0 Å². The topological polar surface area (TPSA) is 192 Å². The smallest absolute Gasteiger partial charge is 0.394 e. The van der Waals surface area contributed by atoms with E-state index in [0.29, 0.717) is 12.8 Å². The minimum Gasteiger partial charge on any atom is -0.394 e. The van der Waals surface area contributed by atoms with E-state index in [1.165, 1.54) is 244 Å². The average molecular weight is 1090 g/mol. The van der Waals surface area contributed by atoms with Crippen LogP contribution in [0.1, 0.15) is 322 Å². The molecule has 0 aromatic rings. The van der Waals surface area contributed by atoms with Crippen molar-refractivity contribution < 1.29 is 51.8 Å². The molecule has 1 amide bonds. The van der Waals surface area contributed by atoms with E-state index in [1.807, 2.05) is 0 Å². The van der Waals surface area contributed by atoms with Crippen LogP contribution < -0.4 is 5.32 Å². The zero-order chi connectivity index (χ0) is 54.7. The number of hydrogen-bond donors (Lipinski definition) is 6. The second-order valence-corrected chi connectivity index (χ2v) is 23.8. The molecule has 0 saturated carbocycles. The second-order valence-electron chi connectivity index (χ2n) is 22.7. The van der Waals surface area contributed by atoms with Crippen LogP contribution in [0.25, 0.3) is 0 Å². The highest BCUT2D eigenvalue weighted by Crippen LogP contribution is 2.26. The summed E-state index contributed by atoms with van der Waals surface area (Å²) in [6.45, 7) is 3.51. The van der Waals surface area contributed by atoms with E-state index in [0.717, 1.165) is 51.4 Å². The number of nitrogens with one attached hydrogen (secondary N) is 1. The van der Waals surface area contributed by atoms with Crippen LogP contribution in [0, 0.1) is 0 Å². The summed E-state index contributed by atoms with van der Waals surface area (Å²) >= 11 is 0. The van der Waals surface area contributed by atoms with Crippen molar-refractivity contribution in [3.63, 3.8) is 0 Å². The Hall–Kier alpha value is -1.16. The van der Waals surface area contributed by atoms with E-state index in [-0.39, 0.29) is 12.5 Å². The Morgan fingerprint density at radius 1 is 0.520 bits per heavy atom. The van der Waals surface area contributed by atoms with Crippen molar-refractivity contribution in [3.8, 4) is 0 Å². The van der Waals surface area contributed by atoms with Crippen molar-refractivity contribution in [2.24, 2.45) is 0 Å². The molecule has 0 bridgehead atoms. The Labute approximate surface area is 461 Å². The number of aliphatic hydroxyl groups is 4. The number of carbonyl (C=O) groups is 1. The summed E-state index contributed by atoms with van der Waals surface area (Å²) in [6, 6.07) is -0.857. The maximum absolute atomic E-state index is 13.2. The van der Waals surface area contributed by atoms with Crippen molar-refractivity contribution in [3.05, 3.63) is 12.2 Å². The fraction of sp³-hybridized carbons (Fsp3) is 0.952. The third-order valence-corrected chi connectivity index (χ3v) is 16.0. The fourth-order valence-corrected chi connectivity index (χ4v) is 11.1. The quantitative estimate of drug-likeness (QED) is 0.0193. The molecular weight excluding hydrogens is 967 g/mol. The van der Waals surface area contributed by atoms with Crippen molar-refractivity contribution in [1.82, 2.24) is 5.32 Å². The molecule has 1 fully saturated rings. The van der Waals surface area contributed by atoms with Crippen molar-refractivity contribution in [2.75, 3.05) is 13.2 Å². The van der Waals surface area contributed by atoms with Gasteiger partial charge in [-0.2, -0.15) is 8.42 Å². The van der Waals surface area contributed by atoms with Crippen LogP contribution in [0.3, 0.4) is 0 Å². The van der Waals surface area contributed by atoms with Gasteiger partial charge >= 0.3 is 10.4 Å². The van der Waals surface area contributed by atoms with Gasteiger partial charge in [-0.3, -0.25) is 9.35 Å². The molecule has 1 heterocycles. The lowest BCUT2D eigenvalue weighted by Gasteiger charge is -2.41. The highest BCUT2D eigenvalue weighted by atomic mass is 32.3. The summed E-state index contributed by atoms with van der Waals surface area (Å²) in [5.74, 6) is -0.224. The number of amides is 1. The predicted molar refractivity (Wildman–Crippen MR) is 310 cm³/mol. The van der Waals surface area contributed by atoms with E-state index in [9.17, 15) is 38.2 Å². The van der Waals surface area contributed by atoms with Gasteiger partial charge < -0.3 is 35.2 Å². The number of aliphatic hydroxyl groups excluding tert-OH is 4. The minimum atomic E-state index is -5.08. The summed E-state index contributed by atoms with van der Waals surface area (Å²) in [5, 5.41) is 45.2. The minimum absolute atomic E-state index is 0.224. The first-order valence-electron chi connectivity index (χ1n) is 32.1. The number of ether oxygens (including phenoxy) is 2. The van der Waals surface area contributed by atoms with E-state index in [4.69, 9.17) is 9.47 Å².